The Balaban J connectivity index is 1.92. The number of likely N-dealkylation sites (tertiary alicyclic amines) is 1. The predicted molar refractivity (Wildman–Crippen MR) is 78.1 cm³/mol. The van der Waals surface area contributed by atoms with Crippen molar-refractivity contribution in [2.45, 2.75) is 25.7 Å². The fourth-order valence-corrected chi connectivity index (χ4v) is 2.91. The summed E-state index contributed by atoms with van der Waals surface area (Å²) in [6.07, 6.45) is 3.74. The van der Waals surface area contributed by atoms with E-state index in [0.29, 0.717) is 23.9 Å². The number of piperidine rings is 1. The molecule has 4 heteroatoms. The molecular weight excluding hydrogens is 260 g/mol. The molecule has 1 fully saturated rings. The number of nitrogens with zero attached hydrogens (tertiary/aromatic N) is 1. The Labute approximate surface area is 119 Å². The van der Waals surface area contributed by atoms with Crippen LogP contribution in [0.25, 0.3) is 0 Å². The first-order valence-electron chi connectivity index (χ1n) is 6.91. The van der Waals surface area contributed by atoms with E-state index >= 15 is 0 Å². The quantitative estimate of drug-likeness (QED) is 0.921. The van der Waals surface area contributed by atoms with Gasteiger partial charge in [0.15, 0.2) is 0 Å². The Morgan fingerprint density at radius 3 is 3.05 bits per heavy atom. The maximum absolute atomic E-state index is 12.3. The van der Waals surface area contributed by atoms with Crippen LogP contribution in [0.5, 0.6) is 0 Å². The zero-order valence-corrected chi connectivity index (χ0v) is 11.9. The van der Waals surface area contributed by atoms with Gasteiger partial charge >= 0.3 is 0 Å². The van der Waals surface area contributed by atoms with Crippen LogP contribution in [0.3, 0.4) is 0 Å². The third-order valence-corrected chi connectivity index (χ3v) is 3.93. The van der Waals surface area contributed by atoms with Gasteiger partial charge in [0, 0.05) is 18.1 Å². The van der Waals surface area contributed by atoms with Crippen molar-refractivity contribution in [3.63, 3.8) is 0 Å². The number of hydrogen-bond donors (Lipinski definition) is 1. The van der Waals surface area contributed by atoms with Crippen molar-refractivity contribution in [3.05, 3.63) is 34.9 Å². The van der Waals surface area contributed by atoms with E-state index in [2.05, 4.69) is 0 Å². The summed E-state index contributed by atoms with van der Waals surface area (Å²) >= 11 is 5.94. The molecule has 0 saturated carbocycles. The standard InChI is InChI=1S/C15H21ClN2O/c16-14-5-1-3-13(9-14)10-15(19)18-8-2-4-12(11-18)6-7-17/h1,3,5,9,12H,2,4,6-8,10-11,17H2. The zero-order chi connectivity index (χ0) is 13.7. The van der Waals surface area contributed by atoms with Gasteiger partial charge in [-0.05, 0) is 49.4 Å². The fraction of sp³-hybridized carbons (Fsp3) is 0.533. The molecular formula is C15H21ClN2O. The molecule has 104 valence electrons. The molecule has 0 aromatic heterocycles. The van der Waals surface area contributed by atoms with Crippen molar-refractivity contribution >= 4 is 17.5 Å². The maximum Gasteiger partial charge on any atom is 0.226 e. The summed E-state index contributed by atoms with van der Waals surface area (Å²) in [4.78, 5) is 14.3. The molecule has 0 spiro atoms. The van der Waals surface area contributed by atoms with Crippen molar-refractivity contribution in [1.29, 1.82) is 0 Å². The normalized spacial score (nSPS) is 19.5. The molecule has 2 N–H and O–H groups in total. The second-order valence-electron chi connectivity index (χ2n) is 5.23. The second-order valence-corrected chi connectivity index (χ2v) is 5.67. The van der Waals surface area contributed by atoms with E-state index < -0.39 is 0 Å². The molecule has 2 rings (SSSR count). The monoisotopic (exact) mass is 280 g/mol. The van der Waals surface area contributed by atoms with Crippen LogP contribution in [0.4, 0.5) is 0 Å². The first-order chi connectivity index (χ1) is 9.19. The highest BCUT2D eigenvalue weighted by atomic mass is 35.5. The Kier molecular flexibility index (Phi) is 5.23. The molecule has 19 heavy (non-hydrogen) atoms. The van der Waals surface area contributed by atoms with E-state index in [0.717, 1.165) is 31.5 Å². The lowest BCUT2D eigenvalue weighted by molar-refractivity contribution is -0.132. The Morgan fingerprint density at radius 1 is 1.47 bits per heavy atom. The molecule has 1 amide bonds. The molecule has 1 unspecified atom stereocenters. The summed E-state index contributed by atoms with van der Waals surface area (Å²) < 4.78 is 0. The van der Waals surface area contributed by atoms with Gasteiger partial charge in [0.1, 0.15) is 0 Å². The Bertz CT molecular complexity index is 434. The number of halogens is 1. The number of benzene rings is 1. The smallest absolute Gasteiger partial charge is 0.226 e. The number of carbonyl (C=O) groups excluding carboxylic acids is 1. The molecule has 0 radical (unpaired) electrons. The first-order valence-corrected chi connectivity index (χ1v) is 7.29. The second kappa shape index (κ2) is 6.92. The van der Waals surface area contributed by atoms with Crippen LogP contribution in [0.2, 0.25) is 5.02 Å². The van der Waals surface area contributed by atoms with Crippen LogP contribution >= 0.6 is 11.6 Å². The van der Waals surface area contributed by atoms with Crippen LogP contribution in [0.15, 0.2) is 24.3 Å². The van der Waals surface area contributed by atoms with Gasteiger partial charge in [-0.1, -0.05) is 23.7 Å². The van der Waals surface area contributed by atoms with Gasteiger partial charge in [-0.15, -0.1) is 0 Å². The highest BCUT2D eigenvalue weighted by Gasteiger charge is 2.23. The summed E-state index contributed by atoms with van der Waals surface area (Å²) in [5.74, 6) is 0.769. The summed E-state index contributed by atoms with van der Waals surface area (Å²) in [5.41, 5.74) is 6.59. The minimum Gasteiger partial charge on any atom is -0.342 e. The van der Waals surface area contributed by atoms with Crippen LogP contribution in [-0.2, 0) is 11.2 Å². The number of hydrogen-bond acceptors (Lipinski definition) is 2. The third kappa shape index (κ3) is 4.22. The van der Waals surface area contributed by atoms with Crippen molar-refractivity contribution in [3.8, 4) is 0 Å². The van der Waals surface area contributed by atoms with Crippen molar-refractivity contribution in [1.82, 2.24) is 4.90 Å². The highest BCUT2D eigenvalue weighted by Crippen LogP contribution is 2.20. The Morgan fingerprint density at radius 2 is 2.32 bits per heavy atom. The number of nitrogens with two attached hydrogens (primary N) is 1. The van der Waals surface area contributed by atoms with Crippen molar-refractivity contribution in [2.24, 2.45) is 11.7 Å². The average molecular weight is 281 g/mol. The van der Waals surface area contributed by atoms with Gasteiger partial charge in [-0.2, -0.15) is 0 Å². The number of carbonyl (C=O) groups is 1. The fourth-order valence-electron chi connectivity index (χ4n) is 2.70. The van der Waals surface area contributed by atoms with Crippen LogP contribution in [0.1, 0.15) is 24.8 Å². The predicted octanol–water partition coefficient (Wildman–Crippen LogP) is 2.47. The SMILES string of the molecule is NCCC1CCCN(C(=O)Cc2cccc(Cl)c2)C1. The largest absolute Gasteiger partial charge is 0.342 e. The van der Waals surface area contributed by atoms with E-state index in [1.165, 1.54) is 6.42 Å². The Hall–Kier alpha value is -1.06. The highest BCUT2D eigenvalue weighted by molar-refractivity contribution is 6.30. The molecule has 0 aliphatic carbocycles. The number of amides is 1. The van der Waals surface area contributed by atoms with Gasteiger partial charge in [0.05, 0.1) is 6.42 Å². The number of rotatable bonds is 4. The van der Waals surface area contributed by atoms with Gasteiger partial charge in [-0.3, -0.25) is 4.79 Å². The van der Waals surface area contributed by atoms with E-state index in [1.807, 2.05) is 29.2 Å². The summed E-state index contributed by atoms with van der Waals surface area (Å²) in [6.45, 7) is 2.44. The van der Waals surface area contributed by atoms with E-state index in [4.69, 9.17) is 17.3 Å². The minimum absolute atomic E-state index is 0.198. The topological polar surface area (TPSA) is 46.3 Å². The third-order valence-electron chi connectivity index (χ3n) is 3.69. The summed E-state index contributed by atoms with van der Waals surface area (Å²) in [7, 11) is 0. The lowest BCUT2D eigenvalue weighted by Crippen LogP contribution is -2.41. The average Bonchev–Trinajstić information content (AvgIpc) is 2.39. The molecule has 1 aliphatic rings. The van der Waals surface area contributed by atoms with Crippen molar-refractivity contribution < 1.29 is 4.79 Å². The molecule has 0 bridgehead atoms. The van der Waals surface area contributed by atoms with Gasteiger partial charge < -0.3 is 10.6 Å². The first kappa shape index (κ1) is 14.4. The molecule has 1 saturated heterocycles. The summed E-state index contributed by atoms with van der Waals surface area (Å²) in [5, 5.41) is 0.685. The molecule has 1 atom stereocenters. The minimum atomic E-state index is 0.198. The maximum atomic E-state index is 12.3. The lowest BCUT2D eigenvalue weighted by Gasteiger charge is -2.32. The van der Waals surface area contributed by atoms with Gasteiger partial charge in [0.2, 0.25) is 5.91 Å². The van der Waals surface area contributed by atoms with Crippen LogP contribution < -0.4 is 5.73 Å². The van der Waals surface area contributed by atoms with E-state index in [9.17, 15) is 4.79 Å². The summed E-state index contributed by atoms with van der Waals surface area (Å²) in [6, 6.07) is 7.53. The van der Waals surface area contributed by atoms with E-state index in [1.54, 1.807) is 0 Å². The molecule has 1 aromatic carbocycles. The molecule has 3 nitrogen and oxygen atoms in total. The molecule has 1 aliphatic heterocycles. The van der Waals surface area contributed by atoms with Gasteiger partial charge in [-0.25, -0.2) is 0 Å². The molecule has 1 aromatic rings. The van der Waals surface area contributed by atoms with E-state index in [-0.39, 0.29) is 5.91 Å². The van der Waals surface area contributed by atoms with Crippen LogP contribution in [-0.4, -0.2) is 30.4 Å². The van der Waals surface area contributed by atoms with Gasteiger partial charge in [0.25, 0.3) is 0 Å². The lowest BCUT2D eigenvalue weighted by atomic mass is 9.94. The molecule has 1 heterocycles. The van der Waals surface area contributed by atoms with Crippen LogP contribution in [0, 0.1) is 5.92 Å². The van der Waals surface area contributed by atoms with Crippen molar-refractivity contribution in [2.75, 3.05) is 19.6 Å². The zero-order valence-electron chi connectivity index (χ0n) is 11.1.